The molecule has 0 fully saturated rings. The van der Waals surface area contributed by atoms with Crippen LogP contribution in [0.5, 0.6) is 0 Å². The lowest BCUT2D eigenvalue weighted by Crippen LogP contribution is -2.33. The fraction of sp³-hybridized carbons (Fsp3) is 0.667. The third-order valence-electron chi connectivity index (χ3n) is 1.98. The zero-order valence-electron chi connectivity index (χ0n) is 10.9. The third-order valence-corrected chi connectivity index (χ3v) is 3.77. The zero-order chi connectivity index (χ0) is 14.7. The van der Waals surface area contributed by atoms with Crippen molar-refractivity contribution in [3.8, 4) is 0 Å². The van der Waals surface area contributed by atoms with Crippen LogP contribution in [0.25, 0.3) is 0 Å². The van der Waals surface area contributed by atoms with Crippen LogP contribution >= 0.6 is 0 Å². The highest BCUT2D eigenvalue weighted by atomic mass is 32.2. The van der Waals surface area contributed by atoms with Crippen molar-refractivity contribution < 1.29 is 28.1 Å². The number of sulfone groups is 1. The molecule has 6 nitrogen and oxygen atoms in total. The first-order valence-electron chi connectivity index (χ1n) is 5.85. The predicted molar refractivity (Wildman–Crippen MR) is 72.7 cm³/mol. The van der Waals surface area contributed by atoms with Gasteiger partial charge < -0.3 is 19.7 Å². The van der Waals surface area contributed by atoms with Gasteiger partial charge in [-0.3, -0.25) is 0 Å². The van der Waals surface area contributed by atoms with E-state index in [4.69, 9.17) is 9.47 Å². The number of hydrogen-bond donors (Lipinski definition) is 2. The predicted octanol–water partition coefficient (Wildman–Crippen LogP) is -0.472. The summed E-state index contributed by atoms with van der Waals surface area (Å²) >= 11 is 0. The standard InChI is InChI=1S/C12H22O6S/c1-3-5-17-7-11(13)9-19(15,16)10-12(14)8-18-6-4-2/h3-4,11-14H,1-2,5-10H2. The van der Waals surface area contributed by atoms with E-state index in [2.05, 4.69) is 13.2 Å². The van der Waals surface area contributed by atoms with Gasteiger partial charge in [0.2, 0.25) is 0 Å². The molecule has 0 saturated heterocycles. The van der Waals surface area contributed by atoms with Crippen LogP contribution in [0.3, 0.4) is 0 Å². The average Bonchev–Trinajstić information content (AvgIpc) is 2.28. The maximum absolute atomic E-state index is 11.6. The molecule has 2 unspecified atom stereocenters. The van der Waals surface area contributed by atoms with Crippen LogP contribution in [0, 0.1) is 0 Å². The molecule has 0 aromatic carbocycles. The molecule has 112 valence electrons. The van der Waals surface area contributed by atoms with Gasteiger partial charge >= 0.3 is 0 Å². The molecule has 0 aromatic rings. The molecular formula is C12H22O6S. The summed E-state index contributed by atoms with van der Waals surface area (Å²) in [7, 11) is -3.57. The molecule has 0 radical (unpaired) electrons. The number of aliphatic hydroxyl groups is 2. The van der Waals surface area contributed by atoms with E-state index in [0.29, 0.717) is 0 Å². The largest absolute Gasteiger partial charge is 0.390 e. The van der Waals surface area contributed by atoms with Crippen LogP contribution in [-0.2, 0) is 19.3 Å². The van der Waals surface area contributed by atoms with Gasteiger partial charge in [0.15, 0.2) is 9.84 Å². The summed E-state index contributed by atoms with van der Waals surface area (Å²) in [5.74, 6) is -0.911. The second-order valence-electron chi connectivity index (χ2n) is 4.04. The number of aliphatic hydroxyl groups excluding tert-OH is 2. The lowest BCUT2D eigenvalue weighted by Gasteiger charge is -2.14. The Hall–Kier alpha value is -0.730. The molecule has 0 heterocycles. The highest BCUT2D eigenvalue weighted by Crippen LogP contribution is 2.00. The smallest absolute Gasteiger partial charge is 0.155 e. The molecule has 0 aliphatic heterocycles. The second-order valence-corrected chi connectivity index (χ2v) is 6.19. The van der Waals surface area contributed by atoms with Gasteiger partial charge in [-0.15, -0.1) is 13.2 Å². The minimum atomic E-state index is -3.57. The Balaban J connectivity index is 4.01. The van der Waals surface area contributed by atoms with Gasteiger partial charge in [0.25, 0.3) is 0 Å². The number of ether oxygens (including phenoxy) is 2. The average molecular weight is 294 g/mol. The fourth-order valence-corrected chi connectivity index (χ4v) is 2.83. The molecule has 0 bridgehead atoms. The highest BCUT2D eigenvalue weighted by Gasteiger charge is 2.21. The van der Waals surface area contributed by atoms with Gasteiger partial charge in [0.05, 0.1) is 50.1 Å². The van der Waals surface area contributed by atoms with Crippen molar-refractivity contribution in [3.05, 3.63) is 25.3 Å². The second kappa shape index (κ2) is 10.1. The van der Waals surface area contributed by atoms with E-state index in [9.17, 15) is 18.6 Å². The van der Waals surface area contributed by atoms with Gasteiger partial charge in [-0.25, -0.2) is 8.42 Å². The van der Waals surface area contributed by atoms with Crippen molar-refractivity contribution in [1.82, 2.24) is 0 Å². The van der Waals surface area contributed by atoms with E-state index in [1.165, 1.54) is 12.2 Å². The van der Waals surface area contributed by atoms with Crippen molar-refractivity contribution >= 4 is 9.84 Å². The van der Waals surface area contributed by atoms with Crippen LogP contribution in [0.4, 0.5) is 0 Å². The summed E-state index contributed by atoms with van der Waals surface area (Å²) in [4.78, 5) is 0. The van der Waals surface area contributed by atoms with E-state index in [0.717, 1.165) is 0 Å². The Morgan fingerprint density at radius 1 is 0.947 bits per heavy atom. The molecular weight excluding hydrogens is 272 g/mol. The van der Waals surface area contributed by atoms with Crippen molar-refractivity contribution in [2.75, 3.05) is 37.9 Å². The maximum Gasteiger partial charge on any atom is 0.155 e. The first-order chi connectivity index (χ1) is 8.91. The van der Waals surface area contributed by atoms with E-state index in [1.807, 2.05) is 0 Å². The molecule has 2 atom stereocenters. The molecule has 2 N–H and O–H groups in total. The van der Waals surface area contributed by atoms with E-state index < -0.39 is 33.6 Å². The van der Waals surface area contributed by atoms with Gasteiger partial charge in [-0.2, -0.15) is 0 Å². The molecule has 7 heteroatoms. The van der Waals surface area contributed by atoms with Crippen LogP contribution in [-0.4, -0.2) is 68.8 Å². The molecule has 0 aliphatic carbocycles. The summed E-state index contributed by atoms with van der Waals surface area (Å²) < 4.78 is 33.2. The van der Waals surface area contributed by atoms with Crippen LogP contribution in [0.2, 0.25) is 0 Å². The molecule has 0 saturated carbocycles. The summed E-state index contributed by atoms with van der Waals surface area (Å²) in [6, 6.07) is 0. The third kappa shape index (κ3) is 10.8. The normalized spacial score (nSPS) is 14.8. The highest BCUT2D eigenvalue weighted by molar-refractivity contribution is 7.91. The summed E-state index contributed by atoms with van der Waals surface area (Å²) in [6.45, 7) is 7.17. The Kier molecular flexibility index (Phi) is 9.72. The van der Waals surface area contributed by atoms with Crippen LogP contribution in [0.1, 0.15) is 0 Å². The van der Waals surface area contributed by atoms with E-state index >= 15 is 0 Å². The molecule has 0 amide bonds. The quantitative estimate of drug-likeness (QED) is 0.373. The molecule has 0 aromatic heterocycles. The van der Waals surface area contributed by atoms with Gasteiger partial charge in [0.1, 0.15) is 0 Å². The first kappa shape index (κ1) is 18.3. The van der Waals surface area contributed by atoms with Crippen molar-refractivity contribution in [2.45, 2.75) is 12.2 Å². The SMILES string of the molecule is C=CCOCC(O)CS(=O)(=O)CC(O)COCC=C. The van der Waals surface area contributed by atoms with E-state index in [-0.39, 0.29) is 26.4 Å². The monoisotopic (exact) mass is 294 g/mol. The van der Waals surface area contributed by atoms with Crippen molar-refractivity contribution in [1.29, 1.82) is 0 Å². The number of hydrogen-bond acceptors (Lipinski definition) is 6. The Morgan fingerprint density at radius 2 is 1.32 bits per heavy atom. The fourth-order valence-electron chi connectivity index (χ4n) is 1.33. The van der Waals surface area contributed by atoms with Gasteiger partial charge in [-0.05, 0) is 0 Å². The minimum absolute atomic E-state index is 0.0890. The Bertz CT molecular complexity index is 323. The summed E-state index contributed by atoms with van der Waals surface area (Å²) in [5.41, 5.74) is 0. The minimum Gasteiger partial charge on any atom is -0.390 e. The Labute approximate surface area is 114 Å². The van der Waals surface area contributed by atoms with Crippen molar-refractivity contribution in [3.63, 3.8) is 0 Å². The topological polar surface area (TPSA) is 93.1 Å². The first-order valence-corrected chi connectivity index (χ1v) is 7.67. The summed E-state index contributed by atoms with van der Waals surface area (Å²) in [5, 5.41) is 18.9. The molecule has 19 heavy (non-hydrogen) atoms. The molecule has 0 rings (SSSR count). The lowest BCUT2D eigenvalue weighted by atomic mass is 10.4. The zero-order valence-corrected chi connectivity index (χ0v) is 11.7. The number of rotatable bonds is 12. The molecule has 0 aliphatic rings. The van der Waals surface area contributed by atoms with Gasteiger partial charge in [0, 0.05) is 0 Å². The summed E-state index contributed by atoms with van der Waals surface area (Å²) in [6.07, 6.45) is 0.765. The molecule has 0 spiro atoms. The Morgan fingerprint density at radius 3 is 1.63 bits per heavy atom. The van der Waals surface area contributed by atoms with Crippen molar-refractivity contribution in [2.24, 2.45) is 0 Å². The maximum atomic E-state index is 11.6. The van der Waals surface area contributed by atoms with Crippen LogP contribution < -0.4 is 0 Å². The lowest BCUT2D eigenvalue weighted by molar-refractivity contribution is 0.0578. The van der Waals surface area contributed by atoms with E-state index in [1.54, 1.807) is 0 Å². The van der Waals surface area contributed by atoms with Gasteiger partial charge in [-0.1, -0.05) is 12.2 Å². The van der Waals surface area contributed by atoms with Crippen LogP contribution in [0.15, 0.2) is 25.3 Å².